The van der Waals surface area contributed by atoms with E-state index in [1.807, 2.05) is 0 Å². The molecule has 0 spiro atoms. The molecule has 0 aliphatic carbocycles. The van der Waals surface area contributed by atoms with Crippen molar-refractivity contribution < 1.29 is 18.0 Å². The summed E-state index contributed by atoms with van der Waals surface area (Å²) in [6.07, 6.45) is -2.89. The van der Waals surface area contributed by atoms with Gasteiger partial charge in [-0.2, -0.15) is 13.2 Å². The zero-order valence-corrected chi connectivity index (χ0v) is 11.3. The first-order chi connectivity index (χ1) is 9.32. The summed E-state index contributed by atoms with van der Waals surface area (Å²) in [5.41, 5.74) is 0.0299. The van der Waals surface area contributed by atoms with Crippen LogP contribution in [0.3, 0.4) is 0 Å². The largest absolute Gasteiger partial charge is 0.416 e. The molecule has 1 aliphatic rings. The van der Waals surface area contributed by atoms with Crippen molar-refractivity contribution in [2.45, 2.75) is 13.1 Å². The predicted molar refractivity (Wildman–Crippen MR) is 72.5 cm³/mol. The Balaban J connectivity index is 2.24. The van der Waals surface area contributed by atoms with Crippen molar-refractivity contribution in [2.24, 2.45) is 0 Å². The number of nitrogens with zero attached hydrogens (tertiary/aromatic N) is 1. The molecule has 3 nitrogen and oxygen atoms in total. The Labute approximate surface area is 119 Å². The Morgan fingerprint density at radius 1 is 1.30 bits per heavy atom. The average molecular weight is 300 g/mol. The first kappa shape index (κ1) is 14.5. The van der Waals surface area contributed by atoms with Gasteiger partial charge in [-0.25, -0.2) is 0 Å². The van der Waals surface area contributed by atoms with Gasteiger partial charge >= 0.3 is 6.18 Å². The Kier molecular flexibility index (Phi) is 3.80. The van der Waals surface area contributed by atoms with Crippen LogP contribution in [0.15, 0.2) is 30.0 Å². The van der Waals surface area contributed by atoms with Crippen molar-refractivity contribution in [3.05, 3.63) is 41.1 Å². The lowest BCUT2D eigenvalue weighted by atomic mass is 10.1. The number of amides is 1. The van der Waals surface area contributed by atoms with E-state index in [0.29, 0.717) is 17.2 Å². The molecule has 0 unspecified atom stereocenters. The molecule has 1 saturated heterocycles. The molecule has 0 atom stereocenters. The number of hydrogen-bond donors (Lipinski definition) is 1. The Morgan fingerprint density at radius 2 is 1.90 bits per heavy atom. The third-order valence-electron chi connectivity index (χ3n) is 2.83. The molecule has 1 N–H and O–H groups in total. The summed E-state index contributed by atoms with van der Waals surface area (Å²) >= 11 is 4.98. The Bertz CT molecular complexity index is 578. The van der Waals surface area contributed by atoms with E-state index in [0.717, 1.165) is 12.1 Å². The fourth-order valence-electron chi connectivity index (χ4n) is 1.79. The van der Waals surface area contributed by atoms with E-state index in [9.17, 15) is 18.0 Å². The number of carbonyl (C=O) groups is 1. The van der Waals surface area contributed by atoms with Crippen LogP contribution >= 0.6 is 12.2 Å². The van der Waals surface area contributed by atoms with Crippen molar-refractivity contribution in [3.8, 4) is 0 Å². The lowest BCUT2D eigenvalue weighted by molar-refractivity contribution is -0.137. The number of alkyl halides is 3. The molecule has 7 heteroatoms. The molecule has 1 aromatic carbocycles. The van der Waals surface area contributed by atoms with Gasteiger partial charge in [-0.1, -0.05) is 12.1 Å². The number of halogens is 3. The molecule has 0 radical (unpaired) electrons. The molecule has 1 aromatic rings. The summed E-state index contributed by atoms with van der Waals surface area (Å²) in [5.74, 6) is -0.280. The highest BCUT2D eigenvalue weighted by molar-refractivity contribution is 7.80. The van der Waals surface area contributed by atoms with Crippen LogP contribution in [0, 0.1) is 0 Å². The quantitative estimate of drug-likeness (QED) is 0.673. The van der Waals surface area contributed by atoms with Crippen LogP contribution in [0.4, 0.5) is 13.2 Å². The van der Waals surface area contributed by atoms with Crippen molar-refractivity contribution >= 4 is 29.3 Å². The number of likely N-dealkylation sites (N-methyl/N-ethyl adjacent to an activating group) is 1. The predicted octanol–water partition coefficient (Wildman–Crippen LogP) is 2.78. The van der Waals surface area contributed by atoms with Gasteiger partial charge in [-0.3, -0.25) is 9.69 Å². The molecule has 1 aliphatic heterocycles. The first-order valence-corrected chi connectivity index (χ1v) is 6.25. The van der Waals surface area contributed by atoms with E-state index in [-0.39, 0.29) is 11.6 Å². The van der Waals surface area contributed by atoms with Crippen molar-refractivity contribution in [1.29, 1.82) is 0 Å². The Morgan fingerprint density at radius 3 is 2.35 bits per heavy atom. The third-order valence-corrected chi connectivity index (χ3v) is 3.15. The topological polar surface area (TPSA) is 32.3 Å². The SMILES string of the molecule is CCN1C(=O)/C(=C\c2ccc(C(F)(F)F)cc2)NC1=S. The van der Waals surface area contributed by atoms with Crippen LogP contribution in [-0.2, 0) is 11.0 Å². The number of benzene rings is 1. The highest BCUT2D eigenvalue weighted by Gasteiger charge is 2.31. The third kappa shape index (κ3) is 2.82. The highest BCUT2D eigenvalue weighted by atomic mass is 32.1. The molecular formula is C13H11F3N2OS. The second-order valence-corrected chi connectivity index (χ2v) is 4.54. The van der Waals surface area contributed by atoms with Gasteiger partial charge in [0.2, 0.25) is 0 Å². The van der Waals surface area contributed by atoms with Gasteiger partial charge < -0.3 is 5.32 Å². The minimum atomic E-state index is -4.37. The van der Waals surface area contributed by atoms with Crippen LogP contribution < -0.4 is 5.32 Å². The molecule has 1 fully saturated rings. The molecule has 0 aromatic heterocycles. The zero-order valence-electron chi connectivity index (χ0n) is 10.5. The van der Waals surface area contributed by atoms with Gasteiger partial charge in [0.25, 0.3) is 5.91 Å². The molecule has 1 amide bonds. The lowest BCUT2D eigenvalue weighted by Gasteiger charge is -2.08. The number of hydrogen-bond acceptors (Lipinski definition) is 2. The highest BCUT2D eigenvalue weighted by Crippen LogP contribution is 2.29. The second kappa shape index (κ2) is 5.24. The fourth-order valence-corrected chi connectivity index (χ4v) is 2.12. The number of nitrogens with one attached hydrogen (secondary N) is 1. The normalized spacial score (nSPS) is 17.8. The first-order valence-electron chi connectivity index (χ1n) is 5.84. The monoisotopic (exact) mass is 300 g/mol. The minimum absolute atomic E-state index is 0.261. The van der Waals surface area contributed by atoms with Gasteiger partial charge in [0, 0.05) is 6.54 Å². The van der Waals surface area contributed by atoms with Crippen molar-refractivity contribution in [3.63, 3.8) is 0 Å². The number of thiocarbonyl (C=S) groups is 1. The van der Waals surface area contributed by atoms with Crippen molar-refractivity contribution in [1.82, 2.24) is 10.2 Å². The van der Waals surface area contributed by atoms with Crippen LogP contribution in [-0.4, -0.2) is 22.5 Å². The lowest BCUT2D eigenvalue weighted by Crippen LogP contribution is -2.30. The summed E-state index contributed by atoms with van der Waals surface area (Å²) in [7, 11) is 0. The van der Waals surface area contributed by atoms with Crippen LogP contribution in [0.5, 0.6) is 0 Å². The molecule has 1 heterocycles. The van der Waals surface area contributed by atoms with Gasteiger partial charge in [0.05, 0.1) is 5.56 Å². The van der Waals surface area contributed by atoms with E-state index < -0.39 is 11.7 Å². The summed E-state index contributed by atoms with van der Waals surface area (Å²) < 4.78 is 37.3. The standard InChI is InChI=1S/C13H11F3N2OS/c1-2-18-11(19)10(17-12(18)20)7-8-3-5-9(6-4-8)13(14,15)16/h3-7H,2H2,1H3,(H,17,20)/b10-7+. The van der Waals surface area contributed by atoms with E-state index in [1.165, 1.54) is 23.1 Å². The Hall–Kier alpha value is -1.89. The molecule has 20 heavy (non-hydrogen) atoms. The van der Waals surface area contributed by atoms with Crippen LogP contribution in [0.1, 0.15) is 18.1 Å². The minimum Gasteiger partial charge on any atom is -0.328 e. The van der Waals surface area contributed by atoms with Crippen molar-refractivity contribution in [2.75, 3.05) is 6.54 Å². The van der Waals surface area contributed by atoms with Gasteiger partial charge in [0.15, 0.2) is 5.11 Å². The number of carbonyl (C=O) groups excluding carboxylic acids is 1. The molecule has 2 rings (SSSR count). The molecule has 0 bridgehead atoms. The van der Waals surface area contributed by atoms with E-state index in [1.54, 1.807) is 6.92 Å². The summed E-state index contributed by atoms with van der Waals surface area (Å²) in [6.45, 7) is 2.22. The molecular weight excluding hydrogens is 289 g/mol. The maximum atomic E-state index is 12.4. The van der Waals surface area contributed by atoms with Gasteiger partial charge in [-0.05, 0) is 42.9 Å². The maximum Gasteiger partial charge on any atom is 0.416 e. The maximum absolute atomic E-state index is 12.4. The van der Waals surface area contributed by atoms with E-state index in [2.05, 4.69) is 5.32 Å². The van der Waals surface area contributed by atoms with E-state index >= 15 is 0 Å². The van der Waals surface area contributed by atoms with E-state index in [4.69, 9.17) is 12.2 Å². The van der Waals surface area contributed by atoms with Crippen LogP contribution in [0.2, 0.25) is 0 Å². The summed E-state index contributed by atoms with van der Waals surface area (Å²) in [6, 6.07) is 4.56. The summed E-state index contributed by atoms with van der Waals surface area (Å²) in [5, 5.41) is 3.05. The second-order valence-electron chi connectivity index (χ2n) is 4.16. The summed E-state index contributed by atoms with van der Waals surface area (Å²) in [4.78, 5) is 13.3. The fraction of sp³-hybridized carbons (Fsp3) is 0.231. The zero-order chi connectivity index (χ0) is 14.9. The number of rotatable bonds is 2. The van der Waals surface area contributed by atoms with Crippen LogP contribution in [0.25, 0.3) is 6.08 Å². The average Bonchev–Trinajstić information content (AvgIpc) is 2.63. The molecule has 106 valence electrons. The van der Waals surface area contributed by atoms with Gasteiger partial charge in [0.1, 0.15) is 5.70 Å². The smallest absolute Gasteiger partial charge is 0.328 e. The van der Waals surface area contributed by atoms with Gasteiger partial charge in [-0.15, -0.1) is 0 Å². The molecule has 0 saturated carbocycles.